The number of sulfonamides is 1. The lowest BCUT2D eigenvalue weighted by Crippen LogP contribution is -2.28. The van der Waals surface area contributed by atoms with Gasteiger partial charge in [-0.3, -0.25) is 4.31 Å². The van der Waals surface area contributed by atoms with Gasteiger partial charge in [-0.2, -0.15) is 0 Å². The molecule has 2 aromatic rings. The van der Waals surface area contributed by atoms with Crippen molar-refractivity contribution in [2.45, 2.75) is 70.7 Å². The van der Waals surface area contributed by atoms with Crippen molar-refractivity contribution in [3.63, 3.8) is 0 Å². The predicted molar refractivity (Wildman–Crippen MR) is 153 cm³/mol. The van der Waals surface area contributed by atoms with E-state index >= 15 is 0 Å². The Kier molecular flexibility index (Phi) is 11.8. The summed E-state index contributed by atoms with van der Waals surface area (Å²) in [6.07, 6.45) is 8.60. The lowest BCUT2D eigenvalue weighted by molar-refractivity contribution is 0.492. The van der Waals surface area contributed by atoms with Crippen molar-refractivity contribution < 1.29 is 8.42 Å². The Bertz CT molecular complexity index is 1010. The van der Waals surface area contributed by atoms with Crippen LogP contribution in [0.5, 0.6) is 0 Å². The molecule has 0 aliphatic heterocycles. The van der Waals surface area contributed by atoms with Gasteiger partial charge < -0.3 is 0 Å². The average Bonchev–Trinajstić information content (AvgIpc) is 2.79. The predicted octanol–water partition coefficient (Wildman–Crippen LogP) is 8.53. The molecule has 0 N–H and O–H groups in total. The third-order valence-electron chi connectivity index (χ3n) is 5.21. The minimum absolute atomic E-state index is 0.304. The van der Waals surface area contributed by atoms with Gasteiger partial charge in [0.15, 0.2) is 0 Å². The molecule has 0 aliphatic carbocycles. The van der Waals surface area contributed by atoms with Crippen molar-refractivity contribution in [3.05, 3.63) is 84.7 Å². The molecular formula is C26H33I2NO2S. The Hall–Kier alpha value is -0.870. The Balaban J connectivity index is 2.52. The van der Waals surface area contributed by atoms with E-state index in [-0.39, 0.29) is 0 Å². The number of rotatable bonds is 12. The van der Waals surface area contributed by atoms with Gasteiger partial charge in [0.1, 0.15) is 0 Å². The van der Waals surface area contributed by atoms with E-state index in [0.29, 0.717) is 11.4 Å². The minimum atomic E-state index is -3.69. The molecule has 0 spiro atoms. The molecule has 0 aliphatic rings. The van der Waals surface area contributed by atoms with Crippen molar-refractivity contribution in [2.75, 3.05) is 0 Å². The van der Waals surface area contributed by atoms with Crippen LogP contribution in [0, 0.1) is 6.92 Å². The molecule has 0 unspecified atom stereocenters. The molecule has 0 atom stereocenters. The fourth-order valence-electron chi connectivity index (χ4n) is 3.22. The van der Waals surface area contributed by atoms with Crippen LogP contribution in [-0.2, 0) is 16.6 Å². The van der Waals surface area contributed by atoms with Crippen LogP contribution in [0.3, 0.4) is 0 Å². The summed E-state index contributed by atoms with van der Waals surface area (Å²) in [7, 11) is -3.69. The van der Waals surface area contributed by atoms with Crippen LogP contribution in [-0.4, -0.2) is 12.7 Å². The highest BCUT2D eigenvalue weighted by Crippen LogP contribution is 2.31. The lowest BCUT2D eigenvalue weighted by atomic mass is 10.1. The van der Waals surface area contributed by atoms with Crippen molar-refractivity contribution in [1.29, 1.82) is 0 Å². The highest BCUT2D eigenvalue weighted by atomic mass is 127. The maximum atomic E-state index is 13.7. The number of aryl methyl sites for hydroxylation is 1. The molecule has 6 heteroatoms. The second kappa shape index (κ2) is 13.7. The molecule has 0 bridgehead atoms. The molecule has 2 aromatic carbocycles. The maximum absolute atomic E-state index is 13.7. The minimum Gasteiger partial charge on any atom is -0.256 e. The van der Waals surface area contributed by atoms with Crippen molar-refractivity contribution >= 4 is 55.2 Å². The summed E-state index contributed by atoms with van der Waals surface area (Å²) in [5, 5.41) is 0. The van der Waals surface area contributed by atoms with Gasteiger partial charge in [0.05, 0.1) is 15.1 Å². The first-order valence-electron chi connectivity index (χ1n) is 11.2. The summed E-state index contributed by atoms with van der Waals surface area (Å²) in [6.45, 7) is 6.66. The summed E-state index contributed by atoms with van der Waals surface area (Å²) in [5.74, 6) is 0. The van der Waals surface area contributed by atoms with Gasteiger partial charge in [-0.1, -0.05) is 74.7 Å². The number of halogens is 2. The third kappa shape index (κ3) is 8.17. The molecule has 0 saturated heterocycles. The molecule has 0 aromatic heterocycles. The smallest absolute Gasteiger partial charge is 0.256 e. The van der Waals surface area contributed by atoms with E-state index in [9.17, 15) is 8.42 Å². The van der Waals surface area contributed by atoms with Crippen LogP contribution < -0.4 is 0 Å². The van der Waals surface area contributed by atoms with Gasteiger partial charge in [0.2, 0.25) is 0 Å². The molecular weight excluding hydrogens is 644 g/mol. The third-order valence-corrected chi connectivity index (χ3v) is 9.43. The number of benzene rings is 2. The van der Waals surface area contributed by atoms with Gasteiger partial charge in [-0.25, -0.2) is 8.42 Å². The van der Waals surface area contributed by atoms with E-state index in [1.165, 1.54) is 9.15 Å². The standard InChI is InChI=1S/C26H33I2NO2S/c1-4-6-13-23(25(27)14-7-5-2)19-26(28)29(20-22-11-9-8-10-12-22)32(30,31)24-17-15-21(3)16-18-24/h8-12,15-19H,4-7,13-14,20H2,1-3H3/b25-23-,26-19+. The second-order valence-electron chi connectivity index (χ2n) is 7.91. The highest BCUT2D eigenvalue weighted by molar-refractivity contribution is 14.1. The Labute approximate surface area is 221 Å². The molecule has 0 saturated carbocycles. The monoisotopic (exact) mass is 677 g/mol. The molecule has 32 heavy (non-hydrogen) atoms. The largest absolute Gasteiger partial charge is 0.264 e. The van der Waals surface area contributed by atoms with Crippen molar-refractivity contribution in [1.82, 2.24) is 4.31 Å². The van der Waals surface area contributed by atoms with Crippen LogP contribution in [0.4, 0.5) is 0 Å². The summed E-state index contributed by atoms with van der Waals surface area (Å²) in [6, 6.07) is 16.9. The van der Waals surface area contributed by atoms with E-state index in [1.54, 1.807) is 16.4 Å². The lowest BCUT2D eigenvalue weighted by Gasteiger charge is -2.25. The molecule has 0 fully saturated rings. The van der Waals surface area contributed by atoms with Gasteiger partial charge in [0.25, 0.3) is 10.0 Å². The van der Waals surface area contributed by atoms with Gasteiger partial charge in [-0.15, -0.1) is 0 Å². The number of nitrogens with zero attached hydrogens (tertiary/aromatic N) is 1. The van der Waals surface area contributed by atoms with E-state index in [1.807, 2.05) is 49.4 Å². The summed E-state index contributed by atoms with van der Waals surface area (Å²) >= 11 is 4.64. The van der Waals surface area contributed by atoms with E-state index < -0.39 is 10.0 Å². The van der Waals surface area contributed by atoms with Crippen LogP contribution in [0.15, 0.2) is 78.4 Å². The molecule has 0 heterocycles. The van der Waals surface area contributed by atoms with Crippen LogP contribution in [0.25, 0.3) is 0 Å². The van der Waals surface area contributed by atoms with Gasteiger partial charge >= 0.3 is 0 Å². The van der Waals surface area contributed by atoms with E-state index in [2.05, 4.69) is 65.1 Å². The molecule has 2 rings (SSSR count). The quantitative estimate of drug-likeness (QED) is 0.128. The summed E-state index contributed by atoms with van der Waals surface area (Å²) in [4.78, 5) is 0.321. The fraction of sp³-hybridized carbons (Fsp3) is 0.385. The number of hydrogen-bond donors (Lipinski definition) is 0. The van der Waals surface area contributed by atoms with Gasteiger partial charge in [-0.05, 0) is 111 Å². The van der Waals surface area contributed by atoms with Crippen molar-refractivity contribution in [3.8, 4) is 0 Å². The Morgan fingerprint density at radius 2 is 1.50 bits per heavy atom. The highest BCUT2D eigenvalue weighted by Gasteiger charge is 2.26. The molecule has 3 nitrogen and oxygen atoms in total. The summed E-state index contributed by atoms with van der Waals surface area (Å²) < 4.78 is 31.0. The summed E-state index contributed by atoms with van der Waals surface area (Å²) in [5.41, 5.74) is 3.26. The number of unbranched alkanes of at least 4 members (excludes halogenated alkanes) is 2. The maximum Gasteiger partial charge on any atom is 0.264 e. The molecule has 174 valence electrons. The first kappa shape index (κ1) is 27.4. The zero-order valence-corrected chi connectivity index (χ0v) is 24.3. The SMILES string of the molecule is CCCC/C(I)=C(/C=C(\I)N(Cc1ccccc1)S(=O)(=O)c1ccc(C)cc1)CCCC. The topological polar surface area (TPSA) is 37.4 Å². The first-order valence-corrected chi connectivity index (χ1v) is 14.8. The normalized spacial score (nSPS) is 13.1. The van der Waals surface area contributed by atoms with Crippen molar-refractivity contribution in [2.24, 2.45) is 0 Å². The average molecular weight is 677 g/mol. The van der Waals surface area contributed by atoms with E-state index in [4.69, 9.17) is 0 Å². The van der Waals surface area contributed by atoms with Gasteiger partial charge in [0, 0.05) is 0 Å². The van der Waals surface area contributed by atoms with Crippen LogP contribution in [0.2, 0.25) is 0 Å². The molecule has 0 radical (unpaired) electrons. The van der Waals surface area contributed by atoms with E-state index in [0.717, 1.165) is 53.4 Å². The van der Waals surface area contributed by atoms with Crippen LogP contribution in [0.1, 0.15) is 63.5 Å². The van der Waals surface area contributed by atoms with Crippen LogP contribution >= 0.6 is 45.2 Å². The number of hydrogen-bond acceptors (Lipinski definition) is 2. The molecule has 0 amide bonds. The Morgan fingerprint density at radius 3 is 2.09 bits per heavy atom. The zero-order valence-electron chi connectivity index (χ0n) is 19.2. The fourth-order valence-corrected chi connectivity index (χ4v) is 6.69. The first-order chi connectivity index (χ1) is 15.3. The Morgan fingerprint density at radius 1 is 0.906 bits per heavy atom. The number of allylic oxidation sites excluding steroid dienone is 3. The second-order valence-corrected chi connectivity index (χ2v) is 12.2. The zero-order chi connectivity index (χ0) is 23.6.